The van der Waals surface area contributed by atoms with Gasteiger partial charge in [0.15, 0.2) is 11.6 Å². The maximum absolute atomic E-state index is 10.0. The molecule has 34 heavy (non-hydrogen) atoms. The van der Waals surface area contributed by atoms with E-state index in [1.165, 1.54) is 39.8 Å². The monoisotopic (exact) mass is 820 g/mol. The van der Waals surface area contributed by atoms with Crippen LogP contribution in [-0.4, -0.2) is 31.7 Å². The number of carbonyl (C=O) groups excluding carboxylic acids is 2. The zero-order valence-corrected chi connectivity index (χ0v) is 23.7. The molecule has 0 aliphatic carbocycles. The molecule has 2 N–H and O–H groups in total. The summed E-state index contributed by atoms with van der Waals surface area (Å²) in [4.78, 5) is 28.6. The first-order chi connectivity index (χ1) is 15.2. The molecule has 3 aromatic rings. The average Bonchev–Trinajstić information content (AvgIpc) is 2.74. The van der Waals surface area contributed by atoms with Crippen LogP contribution in [0.5, 0.6) is 0 Å². The molecule has 0 aliphatic rings. The van der Waals surface area contributed by atoms with Crippen LogP contribution in [0.3, 0.4) is 0 Å². The fraction of sp³-hybridized carbons (Fsp3) is 0.154. The molecule has 2 heterocycles. The normalized spacial score (nSPS) is 10.1. The van der Waals surface area contributed by atoms with Gasteiger partial charge in [-0.25, -0.2) is 35.4 Å². The first kappa shape index (κ1) is 33.5. The first-order valence-corrected chi connectivity index (χ1v) is 9.71. The molecule has 8 heteroatoms. The molecule has 0 radical (unpaired) electrons. The van der Waals surface area contributed by atoms with Crippen molar-refractivity contribution in [1.29, 1.82) is 0 Å². The van der Waals surface area contributed by atoms with Gasteiger partial charge in [-0.2, -0.15) is 0 Å². The summed E-state index contributed by atoms with van der Waals surface area (Å²) in [6, 6.07) is 21.9. The first-order valence-electron chi connectivity index (χ1n) is 9.71. The smallest absolute Gasteiger partial charge is 0.155 e. The second kappa shape index (κ2) is 18.7. The van der Waals surface area contributed by atoms with Crippen LogP contribution in [0.4, 0.5) is 0 Å². The maximum Gasteiger partial charge on any atom is 0.155 e. The van der Waals surface area contributed by atoms with E-state index in [1.807, 2.05) is 48.5 Å². The summed E-state index contributed by atoms with van der Waals surface area (Å²) in [6.45, 7) is 5.70. The molecule has 1 aromatic carbocycles. The van der Waals surface area contributed by atoms with Crippen molar-refractivity contribution in [2.24, 2.45) is 0 Å². The third kappa shape index (κ3) is 15.2. The van der Waals surface area contributed by atoms with Gasteiger partial charge >= 0.3 is 0 Å². The van der Waals surface area contributed by atoms with E-state index >= 15 is 0 Å². The number of ketones is 2. The quantitative estimate of drug-likeness (QED) is 0.206. The SMILES string of the molecule is CC(=O)/C=C(/C)O.CC(=O)/C=C(/C)O.[Pt].[Pt].[c-]1cc(-c2ccccn2)[c-]cc1-c1ccccn1. The van der Waals surface area contributed by atoms with Crippen molar-refractivity contribution >= 4 is 11.6 Å². The number of aliphatic hydroxyl groups excluding tert-OH is 2. The van der Waals surface area contributed by atoms with Gasteiger partial charge in [0.25, 0.3) is 0 Å². The Labute approximate surface area is 229 Å². The van der Waals surface area contributed by atoms with E-state index in [0.29, 0.717) is 0 Å². The molecule has 6 nitrogen and oxygen atoms in total. The second-order valence-electron chi connectivity index (χ2n) is 6.63. The van der Waals surface area contributed by atoms with E-state index in [0.717, 1.165) is 22.5 Å². The fourth-order valence-electron chi connectivity index (χ4n) is 2.31. The number of allylic oxidation sites excluding steroid dienone is 4. The van der Waals surface area contributed by atoms with E-state index in [4.69, 9.17) is 10.2 Å². The van der Waals surface area contributed by atoms with Crippen molar-refractivity contribution in [2.45, 2.75) is 27.7 Å². The number of pyridine rings is 2. The summed E-state index contributed by atoms with van der Waals surface area (Å²) in [5.41, 5.74) is 3.69. The largest absolute Gasteiger partial charge is 0.512 e. The summed E-state index contributed by atoms with van der Waals surface area (Å²) in [7, 11) is 0. The Bertz CT molecular complexity index is 959. The third-order valence-electron chi connectivity index (χ3n) is 3.45. The molecule has 0 bridgehead atoms. The average molecular weight is 821 g/mol. The van der Waals surface area contributed by atoms with Crippen LogP contribution in [0.25, 0.3) is 22.5 Å². The summed E-state index contributed by atoms with van der Waals surface area (Å²) >= 11 is 0. The van der Waals surface area contributed by atoms with Crippen LogP contribution in [0.1, 0.15) is 27.7 Å². The number of hydrogen-bond acceptors (Lipinski definition) is 6. The van der Waals surface area contributed by atoms with Crippen LogP contribution >= 0.6 is 0 Å². The number of benzene rings is 1. The minimum Gasteiger partial charge on any atom is -0.512 e. The Kier molecular flexibility index (Phi) is 18.4. The topological polar surface area (TPSA) is 100 Å². The number of carbonyl (C=O) groups is 2. The van der Waals surface area contributed by atoms with Crippen LogP contribution in [0.2, 0.25) is 0 Å². The number of aliphatic hydroxyl groups is 2. The summed E-state index contributed by atoms with van der Waals surface area (Å²) in [6.07, 6.45) is 5.88. The molecular formula is C26H26N2O4Pt2-2. The van der Waals surface area contributed by atoms with Crippen molar-refractivity contribution in [2.75, 3.05) is 0 Å². The van der Waals surface area contributed by atoms with Gasteiger partial charge in [0, 0.05) is 66.7 Å². The van der Waals surface area contributed by atoms with Crippen molar-refractivity contribution in [3.05, 3.63) is 96.7 Å². The molecule has 0 atom stereocenters. The van der Waals surface area contributed by atoms with Crippen molar-refractivity contribution in [3.8, 4) is 22.5 Å². The van der Waals surface area contributed by atoms with Crippen LogP contribution < -0.4 is 0 Å². The number of aromatic nitrogens is 2. The molecule has 0 amide bonds. The molecular weight excluding hydrogens is 794 g/mol. The van der Waals surface area contributed by atoms with Gasteiger partial charge in [-0.1, -0.05) is 35.7 Å². The molecule has 0 saturated carbocycles. The molecule has 2 aromatic heterocycles. The summed E-state index contributed by atoms with van der Waals surface area (Å²) < 4.78 is 0. The zero-order valence-electron chi connectivity index (χ0n) is 19.2. The van der Waals surface area contributed by atoms with Crippen LogP contribution in [0, 0.1) is 12.1 Å². The standard InChI is InChI=1S/C16H10N2.2C5H8O2.2Pt/c1-3-11-17-15(5-1)13-7-9-14(10-8-13)16-6-2-4-12-18-16;2*1-4(6)3-5(2)7;;/h1-7,10-12H;2*3,6H,1-2H3;;/q-2;;;;/b;2*4-3-;;. The molecule has 186 valence electrons. The molecule has 3 rings (SSSR count). The summed E-state index contributed by atoms with van der Waals surface area (Å²) in [5, 5.41) is 16.7. The fourth-order valence-corrected chi connectivity index (χ4v) is 2.31. The maximum atomic E-state index is 10.0. The van der Waals surface area contributed by atoms with E-state index in [-0.39, 0.29) is 65.2 Å². The molecule has 0 unspecified atom stereocenters. The van der Waals surface area contributed by atoms with E-state index in [2.05, 4.69) is 22.1 Å². The van der Waals surface area contributed by atoms with Crippen LogP contribution in [0.15, 0.2) is 84.6 Å². The Morgan fingerprint density at radius 2 is 1.06 bits per heavy atom. The Morgan fingerprint density at radius 3 is 1.24 bits per heavy atom. The second-order valence-corrected chi connectivity index (χ2v) is 6.63. The number of hydrogen-bond donors (Lipinski definition) is 2. The minimum absolute atomic E-state index is 0. The molecule has 0 aliphatic heterocycles. The van der Waals surface area contributed by atoms with Crippen molar-refractivity contribution in [1.82, 2.24) is 9.97 Å². The van der Waals surface area contributed by atoms with Gasteiger partial charge in [-0.05, 0) is 39.8 Å². The summed E-state index contributed by atoms with van der Waals surface area (Å²) in [5.74, 6) is -0.125. The third-order valence-corrected chi connectivity index (χ3v) is 3.45. The molecule has 0 spiro atoms. The molecule has 0 saturated heterocycles. The Morgan fingerprint density at radius 1 is 0.706 bits per heavy atom. The Balaban J connectivity index is 0. The number of rotatable bonds is 4. The van der Waals surface area contributed by atoms with Gasteiger partial charge < -0.3 is 20.2 Å². The van der Waals surface area contributed by atoms with Crippen molar-refractivity contribution in [3.63, 3.8) is 0 Å². The Hall–Kier alpha value is -2.68. The predicted molar refractivity (Wildman–Crippen MR) is 125 cm³/mol. The van der Waals surface area contributed by atoms with Crippen LogP contribution in [-0.2, 0) is 51.7 Å². The van der Waals surface area contributed by atoms with Gasteiger partial charge in [-0.3, -0.25) is 9.59 Å². The number of nitrogens with zero attached hydrogens (tertiary/aromatic N) is 2. The van der Waals surface area contributed by atoms with Gasteiger partial charge in [0.2, 0.25) is 0 Å². The zero-order chi connectivity index (χ0) is 23.9. The molecule has 0 fully saturated rings. The minimum atomic E-state index is -0.125. The van der Waals surface area contributed by atoms with E-state index in [9.17, 15) is 9.59 Å². The van der Waals surface area contributed by atoms with Crippen molar-refractivity contribution < 1.29 is 61.9 Å². The van der Waals surface area contributed by atoms with E-state index < -0.39 is 0 Å². The van der Waals surface area contributed by atoms with Gasteiger partial charge in [0.05, 0.1) is 11.5 Å². The van der Waals surface area contributed by atoms with Gasteiger partial charge in [0.1, 0.15) is 0 Å². The van der Waals surface area contributed by atoms with Gasteiger partial charge in [-0.15, -0.1) is 0 Å². The predicted octanol–water partition coefficient (Wildman–Crippen LogP) is 5.48. The van der Waals surface area contributed by atoms with E-state index in [1.54, 1.807) is 12.4 Å².